The Bertz CT molecular complexity index is 1030. The number of benzene rings is 3. The first-order valence-corrected chi connectivity index (χ1v) is 10.4. The van der Waals surface area contributed by atoms with Gasteiger partial charge in [-0.25, -0.2) is 0 Å². The molecule has 0 N–H and O–H groups in total. The number of methoxy groups -OCH3 is 1. The van der Waals surface area contributed by atoms with Gasteiger partial charge in [0.05, 0.1) is 19.8 Å². The fraction of sp³-hybridized carbons (Fsp3) is 0.269. The zero-order valence-electron chi connectivity index (χ0n) is 17.7. The predicted octanol–water partition coefficient (Wildman–Crippen LogP) is 5.99. The molecule has 0 saturated heterocycles. The van der Waals surface area contributed by atoms with Gasteiger partial charge in [-0.15, -0.1) is 0 Å². The van der Waals surface area contributed by atoms with E-state index in [1.807, 2.05) is 53.4 Å². The Balaban J connectivity index is 1.51. The van der Waals surface area contributed by atoms with Gasteiger partial charge in [-0.1, -0.05) is 55.5 Å². The van der Waals surface area contributed by atoms with Crippen LogP contribution < -0.4 is 14.4 Å². The van der Waals surface area contributed by atoms with Crippen LogP contribution in [0.4, 0.5) is 5.69 Å². The van der Waals surface area contributed by atoms with Crippen LogP contribution in [-0.4, -0.2) is 19.6 Å². The monoisotopic (exact) mass is 401 g/mol. The van der Waals surface area contributed by atoms with Gasteiger partial charge in [-0.05, 0) is 48.6 Å². The second-order valence-electron chi connectivity index (χ2n) is 7.72. The molecule has 4 nitrogen and oxygen atoms in total. The van der Waals surface area contributed by atoms with Gasteiger partial charge in [0.1, 0.15) is 0 Å². The molecule has 1 aliphatic rings. The molecule has 0 aromatic heterocycles. The number of ether oxygens (including phenoxy) is 2. The number of nitrogens with zero attached hydrogens (tertiary/aromatic N) is 1. The molecule has 3 aromatic carbocycles. The van der Waals surface area contributed by atoms with Gasteiger partial charge in [-0.2, -0.15) is 0 Å². The Labute approximate surface area is 178 Å². The zero-order chi connectivity index (χ0) is 21.1. The number of rotatable bonds is 7. The van der Waals surface area contributed by atoms with Crippen LogP contribution in [0.2, 0.25) is 0 Å². The number of carbonyl (C=O) groups is 1. The average molecular weight is 402 g/mol. The van der Waals surface area contributed by atoms with Crippen LogP contribution in [0.25, 0.3) is 0 Å². The summed E-state index contributed by atoms with van der Waals surface area (Å²) < 4.78 is 11.6. The van der Waals surface area contributed by atoms with E-state index in [2.05, 4.69) is 38.1 Å². The smallest absolute Gasteiger partial charge is 0.259 e. The number of hydrogen-bond acceptors (Lipinski definition) is 3. The number of hydrogen-bond donors (Lipinski definition) is 0. The molecule has 2 unspecified atom stereocenters. The lowest BCUT2D eigenvalue weighted by molar-refractivity contribution is 0.0992. The standard InChI is InChI=1S/C26H27NO3/c1-18(20-9-5-4-6-10-20)15-16-30-25-17-21(13-14-24(25)29-3)27-19(2)22-11-7-8-12-23(22)26(27)28/h4-14,17-19H,15-16H2,1-3H3. The van der Waals surface area contributed by atoms with Crippen LogP contribution >= 0.6 is 0 Å². The molecule has 30 heavy (non-hydrogen) atoms. The highest BCUT2D eigenvalue weighted by atomic mass is 16.5. The summed E-state index contributed by atoms with van der Waals surface area (Å²) in [6, 6.07) is 23.9. The van der Waals surface area contributed by atoms with E-state index in [1.165, 1.54) is 5.56 Å². The first kappa shape index (κ1) is 20.0. The van der Waals surface area contributed by atoms with Crippen molar-refractivity contribution in [3.63, 3.8) is 0 Å². The molecule has 0 fully saturated rings. The third-order valence-corrected chi connectivity index (χ3v) is 5.85. The van der Waals surface area contributed by atoms with Crippen LogP contribution in [0.5, 0.6) is 11.5 Å². The van der Waals surface area contributed by atoms with Crippen LogP contribution in [0.15, 0.2) is 72.8 Å². The second-order valence-corrected chi connectivity index (χ2v) is 7.72. The molecule has 4 heteroatoms. The minimum Gasteiger partial charge on any atom is -0.493 e. The van der Waals surface area contributed by atoms with Crippen molar-refractivity contribution in [2.45, 2.75) is 32.2 Å². The van der Waals surface area contributed by atoms with Gasteiger partial charge in [-0.3, -0.25) is 4.79 Å². The van der Waals surface area contributed by atoms with Gasteiger partial charge >= 0.3 is 0 Å². The fourth-order valence-corrected chi connectivity index (χ4v) is 4.06. The molecule has 1 amide bonds. The molecule has 2 atom stereocenters. The molecule has 0 radical (unpaired) electrons. The molecule has 4 rings (SSSR count). The molecule has 1 heterocycles. The topological polar surface area (TPSA) is 38.8 Å². The normalized spacial score (nSPS) is 16.3. The van der Waals surface area contributed by atoms with Crippen molar-refractivity contribution in [3.8, 4) is 11.5 Å². The van der Waals surface area contributed by atoms with Gasteiger partial charge in [0, 0.05) is 17.3 Å². The minimum absolute atomic E-state index is 0.0203. The summed E-state index contributed by atoms with van der Waals surface area (Å²) in [5.74, 6) is 1.75. The highest BCUT2D eigenvalue weighted by Crippen LogP contribution is 2.40. The molecular weight excluding hydrogens is 374 g/mol. The fourth-order valence-electron chi connectivity index (χ4n) is 4.06. The molecular formula is C26H27NO3. The number of anilines is 1. The van der Waals surface area contributed by atoms with Crippen molar-refractivity contribution >= 4 is 11.6 Å². The van der Waals surface area contributed by atoms with Crippen LogP contribution in [0.3, 0.4) is 0 Å². The molecule has 0 aliphatic carbocycles. The molecule has 3 aromatic rings. The molecule has 0 bridgehead atoms. The van der Waals surface area contributed by atoms with E-state index in [4.69, 9.17) is 9.47 Å². The lowest BCUT2D eigenvalue weighted by atomic mass is 9.98. The highest BCUT2D eigenvalue weighted by Gasteiger charge is 2.34. The second kappa shape index (κ2) is 8.62. The molecule has 0 saturated carbocycles. The molecule has 154 valence electrons. The quantitative estimate of drug-likeness (QED) is 0.488. The van der Waals surface area contributed by atoms with E-state index in [0.29, 0.717) is 24.0 Å². The number of fused-ring (bicyclic) bond motifs is 1. The van der Waals surface area contributed by atoms with Gasteiger partial charge in [0.25, 0.3) is 5.91 Å². The van der Waals surface area contributed by atoms with Crippen molar-refractivity contribution in [3.05, 3.63) is 89.5 Å². The van der Waals surface area contributed by atoms with E-state index in [9.17, 15) is 4.79 Å². The largest absolute Gasteiger partial charge is 0.493 e. The van der Waals surface area contributed by atoms with Crippen LogP contribution in [0.1, 0.15) is 53.7 Å². The summed E-state index contributed by atoms with van der Waals surface area (Å²) in [5.41, 5.74) is 3.93. The summed E-state index contributed by atoms with van der Waals surface area (Å²) in [4.78, 5) is 14.8. The maximum Gasteiger partial charge on any atom is 0.259 e. The summed E-state index contributed by atoms with van der Waals surface area (Å²) in [6.45, 7) is 4.82. The van der Waals surface area contributed by atoms with E-state index in [1.54, 1.807) is 7.11 Å². The summed E-state index contributed by atoms with van der Waals surface area (Å²) in [6.07, 6.45) is 0.891. The Morgan fingerprint density at radius 3 is 2.43 bits per heavy atom. The lowest BCUT2D eigenvalue weighted by Crippen LogP contribution is -2.26. The number of carbonyl (C=O) groups excluding carboxylic acids is 1. The van der Waals surface area contributed by atoms with Crippen LogP contribution in [0, 0.1) is 0 Å². The maximum absolute atomic E-state index is 13.0. The van der Waals surface area contributed by atoms with E-state index in [0.717, 1.165) is 23.2 Å². The third-order valence-electron chi connectivity index (χ3n) is 5.85. The minimum atomic E-state index is -0.0203. The predicted molar refractivity (Wildman–Crippen MR) is 120 cm³/mol. The average Bonchev–Trinajstić information content (AvgIpc) is 3.04. The Hall–Kier alpha value is -3.27. The van der Waals surface area contributed by atoms with Crippen LogP contribution in [-0.2, 0) is 0 Å². The van der Waals surface area contributed by atoms with Crippen molar-refractivity contribution in [1.82, 2.24) is 0 Å². The van der Waals surface area contributed by atoms with Gasteiger partial charge in [0.2, 0.25) is 0 Å². The van der Waals surface area contributed by atoms with Crippen molar-refractivity contribution in [2.24, 2.45) is 0 Å². The highest BCUT2D eigenvalue weighted by molar-refractivity contribution is 6.11. The molecule has 1 aliphatic heterocycles. The van der Waals surface area contributed by atoms with Crippen molar-refractivity contribution < 1.29 is 14.3 Å². The van der Waals surface area contributed by atoms with E-state index in [-0.39, 0.29) is 11.9 Å². The summed E-state index contributed by atoms with van der Waals surface area (Å²) in [5, 5.41) is 0. The Morgan fingerprint density at radius 2 is 1.70 bits per heavy atom. The Kier molecular flexibility index (Phi) is 5.75. The van der Waals surface area contributed by atoms with Crippen molar-refractivity contribution in [2.75, 3.05) is 18.6 Å². The van der Waals surface area contributed by atoms with Crippen molar-refractivity contribution in [1.29, 1.82) is 0 Å². The third kappa shape index (κ3) is 3.78. The summed E-state index contributed by atoms with van der Waals surface area (Å²) >= 11 is 0. The number of amides is 1. The van der Waals surface area contributed by atoms with E-state index >= 15 is 0 Å². The lowest BCUT2D eigenvalue weighted by Gasteiger charge is -2.23. The first-order valence-electron chi connectivity index (χ1n) is 10.4. The van der Waals surface area contributed by atoms with E-state index < -0.39 is 0 Å². The zero-order valence-corrected chi connectivity index (χ0v) is 17.7. The summed E-state index contributed by atoms with van der Waals surface area (Å²) in [7, 11) is 1.63. The van der Waals surface area contributed by atoms with Gasteiger partial charge < -0.3 is 14.4 Å². The molecule has 0 spiro atoms. The Morgan fingerprint density at radius 1 is 0.967 bits per heavy atom. The van der Waals surface area contributed by atoms with Gasteiger partial charge in [0.15, 0.2) is 11.5 Å². The first-order chi connectivity index (χ1) is 14.6. The SMILES string of the molecule is COc1ccc(N2C(=O)c3ccccc3C2C)cc1OCCC(C)c1ccccc1. The maximum atomic E-state index is 13.0.